The van der Waals surface area contributed by atoms with Crippen LogP contribution in [0.4, 0.5) is 0 Å². The van der Waals surface area contributed by atoms with Gasteiger partial charge in [0.2, 0.25) is 5.88 Å². The molecule has 94 valence electrons. The van der Waals surface area contributed by atoms with Gasteiger partial charge in [0.1, 0.15) is 0 Å². The van der Waals surface area contributed by atoms with E-state index in [1.807, 2.05) is 6.07 Å². The lowest BCUT2D eigenvalue weighted by Crippen LogP contribution is -2.26. The molecule has 0 bridgehead atoms. The topological polar surface area (TPSA) is 47.0 Å². The Morgan fingerprint density at radius 3 is 2.83 bits per heavy atom. The van der Waals surface area contributed by atoms with E-state index in [0.29, 0.717) is 11.8 Å². The fraction of sp³-hybridized carbons (Fsp3) is 0.429. The van der Waals surface area contributed by atoms with Gasteiger partial charge >= 0.3 is 0 Å². The summed E-state index contributed by atoms with van der Waals surface area (Å²) in [5, 5.41) is 3.39. The van der Waals surface area contributed by atoms with Crippen LogP contribution in [-0.2, 0) is 0 Å². The number of hydrogen-bond donors (Lipinski definition) is 1. The van der Waals surface area contributed by atoms with Crippen molar-refractivity contribution in [2.24, 2.45) is 0 Å². The van der Waals surface area contributed by atoms with Crippen molar-refractivity contribution in [1.29, 1.82) is 0 Å². The highest BCUT2D eigenvalue weighted by Gasteiger charge is 2.15. The van der Waals surface area contributed by atoms with Gasteiger partial charge in [0, 0.05) is 0 Å². The molecule has 0 atom stereocenters. The molecule has 1 aromatic heterocycles. The van der Waals surface area contributed by atoms with Gasteiger partial charge in [0.05, 0.1) is 24.3 Å². The second-order valence-electron chi connectivity index (χ2n) is 4.68. The number of rotatable bonds is 2. The van der Waals surface area contributed by atoms with E-state index in [4.69, 9.17) is 4.74 Å². The van der Waals surface area contributed by atoms with Crippen LogP contribution >= 0.6 is 0 Å². The molecular formula is C14H17N3O. The summed E-state index contributed by atoms with van der Waals surface area (Å²) in [6.07, 6.45) is 4.08. The van der Waals surface area contributed by atoms with Crippen LogP contribution in [0, 0.1) is 0 Å². The molecule has 1 aliphatic rings. The third kappa shape index (κ3) is 2.16. The lowest BCUT2D eigenvalue weighted by atomic mass is 9.90. The number of nitrogens with one attached hydrogen (secondary N) is 1. The average molecular weight is 243 g/mol. The number of piperidine rings is 1. The summed E-state index contributed by atoms with van der Waals surface area (Å²) < 4.78 is 5.09. The highest BCUT2D eigenvalue weighted by molar-refractivity contribution is 5.75. The normalized spacial score (nSPS) is 16.9. The molecule has 0 amide bonds. The minimum Gasteiger partial charge on any atom is -0.480 e. The Morgan fingerprint density at radius 1 is 1.22 bits per heavy atom. The van der Waals surface area contributed by atoms with E-state index in [1.54, 1.807) is 13.3 Å². The molecule has 0 unspecified atom stereocenters. The molecule has 3 rings (SSSR count). The van der Waals surface area contributed by atoms with Gasteiger partial charge in [-0.3, -0.25) is 0 Å². The lowest BCUT2D eigenvalue weighted by Gasteiger charge is -2.23. The second-order valence-corrected chi connectivity index (χ2v) is 4.68. The van der Waals surface area contributed by atoms with Gasteiger partial charge in [0.25, 0.3) is 0 Å². The number of nitrogens with zero attached hydrogens (tertiary/aromatic N) is 2. The Morgan fingerprint density at radius 2 is 2.06 bits per heavy atom. The zero-order valence-electron chi connectivity index (χ0n) is 10.5. The highest BCUT2D eigenvalue weighted by atomic mass is 16.5. The van der Waals surface area contributed by atoms with Gasteiger partial charge in [-0.2, -0.15) is 0 Å². The van der Waals surface area contributed by atoms with E-state index >= 15 is 0 Å². The Bertz CT molecular complexity index is 550. The van der Waals surface area contributed by atoms with Crippen LogP contribution in [-0.4, -0.2) is 30.2 Å². The summed E-state index contributed by atoms with van der Waals surface area (Å²) in [5.74, 6) is 1.22. The number of benzene rings is 1. The monoisotopic (exact) mass is 243 g/mol. The number of aromatic nitrogens is 2. The minimum atomic E-state index is 0.567. The van der Waals surface area contributed by atoms with Gasteiger partial charge in [0.15, 0.2) is 0 Å². The van der Waals surface area contributed by atoms with Crippen LogP contribution < -0.4 is 10.1 Å². The van der Waals surface area contributed by atoms with Gasteiger partial charge < -0.3 is 10.1 Å². The van der Waals surface area contributed by atoms with E-state index in [1.165, 1.54) is 18.4 Å². The molecule has 4 heteroatoms. The number of methoxy groups -OCH3 is 1. The van der Waals surface area contributed by atoms with Crippen molar-refractivity contribution in [2.45, 2.75) is 18.8 Å². The molecule has 1 saturated heterocycles. The first-order valence-electron chi connectivity index (χ1n) is 6.38. The summed E-state index contributed by atoms with van der Waals surface area (Å²) in [5.41, 5.74) is 3.22. The van der Waals surface area contributed by atoms with Gasteiger partial charge in [-0.15, -0.1) is 0 Å². The van der Waals surface area contributed by atoms with Crippen molar-refractivity contribution >= 4 is 11.0 Å². The van der Waals surface area contributed by atoms with Crippen molar-refractivity contribution in [3.05, 3.63) is 30.0 Å². The Kier molecular flexibility index (Phi) is 3.11. The van der Waals surface area contributed by atoms with Crippen molar-refractivity contribution in [2.75, 3.05) is 20.2 Å². The molecule has 4 nitrogen and oxygen atoms in total. The van der Waals surface area contributed by atoms with E-state index in [2.05, 4.69) is 27.4 Å². The third-order valence-corrected chi connectivity index (χ3v) is 3.56. The first kappa shape index (κ1) is 11.4. The van der Waals surface area contributed by atoms with Gasteiger partial charge in [-0.25, -0.2) is 9.97 Å². The molecule has 1 fully saturated rings. The van der Waals surface area contributed by atoms with E-state index in [9.17, 15) is 0 Å². The summed E-state index contributed by atoms with van der Waals surface area (Å²) in [6, 6.07) is 6.38. The maximum atomic E-state index is 5.09. The first-order chi connectivity index (χ1) is 8.86. The Hall–Kier alpha value is -1.68. The molecule has 18 heavy (non-hydrogen) atoms. The van der Waals surface area contributed by atoms with Crippen LogP contribution in [0.25, 0.3) is 11.0 Å². The average Bonchev–Trinajstić information content (AvgIpc) is 2.47. The summed E-state index contributed by atoms with van der Waals surface area (Å²) in [7, 11) is 1.61. The fourth-order valence-electron chi connectivity index (χ4n) is 2.52. The quantitative estimate of drug-likeness (QED) is 0.877. The zero-order chi connectivity index (χ0) is 12.4. The van der Waals surface area contributed by atoms with E-state index in [0.717, 1.165) is 24.1 Å². The fourth-order valence-corrected chi connectivity index (χ4v) is 2.52. The maximum absolute atomic E-state index is 5.09. The SMILES string of the molecule is COc1cnc2cc(C3CCNCC3)ccc2n1. The first-order valence-corrected chi connectivity index (χ1v) is 6.38. The maximum Gasteiger partial charge on any atom is 0.232 e. The third-order valence-electron chi connectivity index (χ3n) is 3.56. The molecule has 2 heterocycles. The molecule has 0 saturated carbocycles. The van der Waals surface area contributed by atoms with Crippen molar-refractivity contribution in [3.8, 4) is 5.88 Å². The van der Waals surface area contributed by atoms with Crippen LogP contribution in [0.3, 0.4) is 0 Å². The largest absolute Gasteiger partial charge is 0.480 e. The predicted molar refractivity (Wildman–Crippen MR) is 70.9 cm³/mol. The van der Waals surface area contributed by atoms with Crippen LogP contribution in [0.1, 0.15) is 24.3 Å². The van der Waals surface area contributed by atoms with Crippen molar-refractivity contribution in [3.63, 3.8) is 0 Å². The van der Waals surface area contributed by atoms with Crippen LogP contribution in [0.2, 0.25) is 0 Å². The number of fused-ring (bicyclic) bond motifs is 1. The lowest BCUT2D eigenvalue weighted by molar-refractivity contribution is 0.397. The second kappa shape index (κ2) is 4.90. The minimum absolute atomic E-state index is 0.567. The highest BCUT2D eigenvalue weighted by Crippen LogP contribution is 2.27. The number of ether oxygens (including phenoxy) is 1. The van der Waals surface area contributed by atoms with Crippen molar-refractivity contribution in [1.82, 2.24) is 15.3 Å². The van der Waals surface area contributed by atoms with Gasteiger partial charge in [-0.05, 0) is 49.5 Å². The molecule has 0 radical (unpaired) electrons. The van der Waals surface area contributed by atoms with Crippen molar-refractivity contribution < 1.29 is 4.74 Å². The van der Waals surface area contributed by atoms with Crippen LogP contribution in [0.5, 0.6) is 5.88 Å². The molecule has 1 aliphatic heterocycles. The molecule has 2 aromatic rings. The molecule has 0 aliphatic carbocycles. The van der Waals surface area contributed by atoms with Gasteiger partial charge in [-0.1, -0.05) is 6.07 Å². The van der Waals surface area contributed by atoms with E-state index in [-0.39, 0.29) is 0 Å². The van der Waals surface area contributed by atoms with E-state index < -0.39 is 0 Å². The molecule has 1 aromatic carbocycles. The standard InChI is InChI=1S/C14H17N3O/c1-18-14-9-16-13-8-11(2-3-12(13)17-14)10-4-6-15-7-5-10/h2-3,8-10,15H,4-7H2,1H3. The predicted octanol–water partition coefficient (Wildman–Crippen LogP) is 2.11. The summed E-state index contributed by atoms with van der Waals surface area (Å²) >= 11 is 0. The smallest absolute Gasteiger partial charge is 0.232 e. The number of hydrogen-bond acceptors (Lipinski definition) is 4. The van der Waals surface area contributed by atoms with Crippen LogP contribution in [0.15, 0.2) is 24.4 Å². The molecule has 0 spiro atoms. The molecule has 1 N–H and O–H groups in total. The Labute approximate surface area is 106 Å². The zero-order valence-corrected chi connectivity index (χ0v) is 10.5. The Balaban J connectivity index is 1.95. The summed E-state index contributed by atoms with van der Waals surface area (Å²) in [6.45, 7) is 2.22. The summed E-state index contributed by atoms with van der Waals surface area (Å²) in [4.78, 5) is 8.79. The molecular weight excluding hydrogens is 226 g/mol.